The Morgan fingerprint density at radius 3 is 2.14 bits per heavy atom. The zero-order chi connectivity index (χ0) is 5.11. The normalized spacial score (nSPS) is 12.1. The summed E-state index contributed by atoms with van der Waals surface area (Å²) in [6, 6.07) is 0. The highest BCUT2D eigenvalue weighted by Crippen LogP contribution is 1.98. The van der Waals surface area contributed by atoms with E-state index >= 15 is 0 Å². The molecule has 0 radical (unpaired) electrons. The van der Waals surface area contributed by atoms with Gasteiger partial charge < -0.3 is 0 Å². The van der Waals surface area contributed by atoms with Crippen LogP contribution in [0, 0.1) is 0 Å². The maximum atomic E-state index is 3.95. The van der Waals surface area contributed by atoms with E-state index in [-0.39, 0.29) is 0 Å². The smallest absolute Gasteiger partial charge is 0.197 e. The molecule has 0 fully saturated rings. The highest BCUT2D eigenvalue weighted by Gasteiger charge is 1.87. The third kappa shape index (κ3) is 1.69. The van der Waals surface area contributed by atoms with Gasteiger partial charge in [0.05, 0.1) is 7.05 Å². The molecule has 0 spiro atoms. The van der Waals surface area contributed by atoms with Crippen LogP contribution < -0.4 is 4.09 Å². The second kappa shape index (κ2) is 2.57. The van der Waals surface area contributed by atoms with Gasteiger partial charge in [-0.2, -0.15) is 4.09 Å². The minimum Gasteiger partial charge on any atom is -0.197 e. The molecule has 1 heterocycles. The summed E-state index contributed by atoms with van der Waals surface area (Å²) in [4.78, 5) is 0. The lowest BCUT2D eigenvalue weighted by Crippen LogP contribution is -2.15. The molecule has 0 aliphatic rings. The number of aryl methyl sites for hydroxylation is 1. The van der Waals surface area contributed by atoms with Crippen LogP contribution >= 0.6 is 25.5 Å². The standard InChI is InChI=1S/CH3N3P3/c1-4-6-2-5-3-7-4/h1H3/q+1. The van der Waals surface area contributed by atoms with Gasteiger partial charge in [0.1, 0.15) is 0 Å². The van der Waals surface area contributed by atoms with E-state index in [4.69, 9.17) is 0 Å². The lowest BCUT2D eigenvalue weighted by Gasteiger charge is -1.71. The van der Waals surface area contributed by atoms with Crippen LogP contribution in [0.1, 0.15) is 0 Å². The Kier molecular flexibility index (Phi) is 2.00. The Morgan fingerprint density at radius 2 is 1.86 bits per heavy atom. The molecule has 3 nitrogen and oxygen atoms in total. The van der Waals surface area contributed by atoms with Gasteiger partial charge in [-0.3, -0.25) is 0 Å². The van der Waals surface area contributed by atoms with Crippen molar-refractivity contribution in [1.82, 2.24) is 9.02 Å². The van der Waals surface area contributed by atoms with Crippen molar-refractivity contribution in [2.45, 2.75) is 0 Å². The SMILES string of the molecule is C[n+]1pnpnp1. The number of hydrogen-bond donors (Lipinski definition) is 0. The van der Waals surface area contributed by atoms with Crippen molar-refractivity contribution < 1.29 is 4.09 Å². The van der Waals surface area contributed by atoms with Crippen LogP contribution in [0.3, 0.4) is 0 Å². The molecule has 36 valence electrons. The topological polar surface area (TPSA) is 29.7 Å². The highest BCUT2D eigenvalue weighted by atomic mass is 31.1. The molecule has 0 saturated carbocycles. The van der Waals surface area contributed by atoms with Crippen LogP contribution in [0.2, 0.25) is 0 Å². The third-order valence-electron chi connectivity index (χ3n) is 0.419. The maximum Gasteiger partial charge on any atom is 0.356 e. The first-order chi connectivity index (χ1) is 3.39. The summed E-state index contributed by atoms with van der Waals surface area (Å²) in [5, 5.41) is 0. The molecule has 0 atom stereocenters. The quantitative estimate of drug-likeness (QED) is 0.552. The Morgan fingerprint density at radius 1 is 1.29 bits per heavy atom. The second-order valence-corrected chi connectivity index (χ2v) is 4.42. The maximum absolute atomic E-state index is 3.95. The van der Waals surface area contributed by atoms with Crippen molar-refractivity contribution in [3.8, 4) is 0 Å². The van der Waals surface area contributed by atoms with Crippen molar-refractivity contribution in [2.75, 3.05) is 0 Å². The molecule has 7 heavy (non-hydrogen) atoms. The lowest BCUT2D eigenvalue weighted by molar-refractivity contribution is -0.526. The van der Waals surface area contributed by atoms with E-state index in [1.165, 1.54) is 0 Å². The summed E-state index contributed by atoms with van der Waals surface area (Å²) in [6.07, 6.45) is 0. The van der Waals surface area contributed by atoms with Gasteiger partial charge in [0.15, 0.2) is 0 Å². The summed E-state index contributed by atoms with van der Waals surface area (Å²) >= 11 is 0. The minimum absolute atomic E-state index is 0.877. The largest absolute Gasteiger partial charge is 0.356 e. The zero-order valence-electron chi connectivity index (χ0n) is 3.68. The highest BCUT2D eigenvalue weighted by molar-refractivity contribution is 7.39. The van der Waals surface area contributed by atoms with Gasteiger partial charge in [0.25, 0.3) is 0 Å². The number of nitrogens with zero attached hydrogens (tertiary/aromatic N) is 3. The fourth-order valence-corrected chi connectivity index (χ4v) is 2.65. The van der Waals surface area contributed by atoms with Gasteiger partial charge >= 0.3 is 25.5 Å². The zero-order valence-corrected chi connectivity index (χ0v) is 6.37. The summed E-state index contributed by atoms with van der Waals surface area (Å²) in [5.74, 6) is 0. The van der Waals surface area contributed by atoms with E-state index < -0.39 is 0 Å². The predicted octanol–water partition coefficient (Wildman–Crippen LogP) is 1.04. The molecule has 0 aliphatic carbocycles. The van der Waals surface area contributed by atoms with Crippen molar-refractivity contribution in [3.05, 3.63) is 0 Å². The first-order valence-electron chi connectivity index (χ1n) is 1.65. The molecule has 0 unspecified atom stereocenters. The van der Waals surface area contributed by atoms with Gasteiger partial charge in [-0.05, 0) is 9.02 Å². The molecule has 1 aromatic rings. The van der Waals surface area contributed by atoms with Crippen LogP contribution in [0.5, 0.6) is 0 Å². The first-order valence-corrected chi connectivity index (χ1v) is 4.05. The number of hydrogen-bond acceptors (Lipinski definition) is 2. The Balaban J connectivity index is 3.02. The molecule has 0 aliphatic heterocycles. The molecule has 0 N–H and O–H groups in total. The van der Waals surface area contributed by atoms with E-state index in [1.807, 2.05) is 11.1 Å². The monoisotopic (exact) mass is 150 g/mol. The Bertz CT molecular complexity index is 140. The summed E-state index contributed by atoms with van der Waals surface area (Å²) in [7, 11) is 4.93. The average molecular weight is 150 g/mol. The molecule has 0 amide bonds. The first kappa shape index (κ1) is 5.44. The third-order valence-corrected chi connectivity index (χ3v) is 2.70. The average Bonchev–Trinajstić information content (AvgIpc) is 1.69. The van der Waals surface area contributed by atoms with Crippen molar-refractivity contribution in [3.63, 3.8) is 0 Å². The van der Waals surface area contributed by atoms with Crippen LogP contribution in [0.4, 0.5) is 0 Å². The fourth-order valence-electron chi connectivity index (χ4n) is 0.187. The van der Waals surface area contributed by atoms with Crippen LogP contribution in [0.25, 0.3) is 0 Å². The van der Waals surface area contributed by atoms with Crippen molar-refractivity contribution >= 4 is 25.5 Å². The summed E-state index contributed by atoms with van der Waals surface area (Å²) in [5.41, 5.74) is 0. The molecule has 0 bridgehead atoms. The summed E-state index contributed by atoms with van der Waals surface area (Å²) < 4.78 is 9.91. The molecule has 0 aromatic carbocycles. The Hall–Kier alpha value is 0.300. The summed E-state index contributed by atoms with van der Waals surface area (Å²) in [6.45, 7) is 0. The molecular weight excluding hydrogens is 147 g/mol. The molecule has 6 heteroatoms. The van der Waals surface area contributed by atoms with Crippen LogP contribution in [-0.4, -0.2) is 9.02 Å². The van der Waals surface area contributed by atoms with E-state index in [2.05, 4.69) is 9.02 Å². The molecular formula is CH3N3P3+. The van der Waals surface area contributed by atoms with Gasteiger partial charge in [0, 0.05) is 0 Å². The molecule has 1 aromatic heterocycles. The van der Waals surface area contributed by atoms with E-state index in [9.17, 15) is 0 Å². The van der Waals surface area contributed by atoms with E-state index in [0.29, 0.717) is 0 Å². The van der Waals surface area contributed by atoms with E-state index in [0.717, 1.165) is 25.5 Å². The predicted molar refractivity (Wildman–Crippen MR) is 30.7 cm³/mol. The lowest BCUT2D eigenvalue weighted by atomic mass is 11.6. The second-order valence-electron chi connectivity index (χ2n) is 0.937. The van der Waals surface area contributed by atoms with Crippen molar-refractivity contribution in [1.29, 1.82) is 0 Å². The van der Waals surface area contributed by atoms with E-state index in [1.54, 1.807) is 0 Å². The number of rotatable bonds is 0. The molecule has 0 saturated heterocycles. The van der Waals surface area contributed by atoms with Crippen LogP contribution in [-0.2, 0) is 7.05 Å². The Labute approximate surface area is 46.5 Å². The number of aromatic nitrogens is 3. The van der Waals surface area contributed by atoms with Gasteiger partial charge in [0.2, 0.25) is 0 Å². The van der Waals surface area contributed by atoms with Crippen LogP contribution in [0.15, 0.2) is 0 Å². The van der Waals surface area contributed by atoms with Crippen molar-refractivity contribution in [2.24, 2.45) is 7.05 Å². The van der Waals surface area contributed by atoms with Gasteiger partial charge in [-0.15, -0.1) is 0 Å². The minimum atomic E-state index is 0.877. The van der Waals surface area contributed by atoms with Gasteiger partial charge in [-0.1, -0.05) is 0 Å². The van der Waals surface area contributed by atoms with Gasteiger partial charge in [-0.25, -0.2) is 0 Å². The molecule has 1 rings (SSSR count). The fraction of sp³-hybridized carbons (Fsp3) is 1.00.